The highest BCUT2D eigenvalue weighted by Gasteiger charge is 2.26. The van der Waals surface area contributed by atoms with Crippen LogP contribution >= 0.6 is 11.3 Å². The van der Waals surface area contributed by atoms with Crippen molar-refractivity contribution in [1.82, 2.24) is 10.0 Å². The van der Waals surface area contributed by atoms with Gasteiger partial charge in [-0.1, -0.05) is 34.6 Å². The SMILES string of the molecule is CCCNCc1ccc(S(=O)(=O)NCC(C)(C)C(C)C)s1. The maximum Gasteiger partial charge on any atom is 0.250 e. The van der Waals surface area contributed by atoms with E-state index in [0.717, 1.165) is 24.4 Å². The molecule has 21 heavy (non-hydrogen) atoms. The first-order valence-corrected chi connectivity index (χ1v) is 9.78. The van der Waals surface area contributed by atoms with E-state index < -0.39 is 10.0 Å². The van der Waals surface area contributed by atoms with Gasteiger partial charge in [-0.2, -0.15) is 0 Å². The fraction of sp³-hybridized carbons (Fsp3) is 0.733. The van der Waals surface area contributed by atoms with Crippen LogP contribution in [0.1, 0.15) is 45.9 Å². The van der Waals surface area contributed by atoms with E-state index in [1.165, 1.54) is 11.3 Å². The zero-order chi connectivity index (χ0) is 16.1. The van der Waals surface area contributed by atoms with Crippen LogP contribution in [0.5, 0.6) is 0 Å². The summed E-state index contributed by atoms with van der Waals surface area (Å²) in [6.07, 6.45) is 1.07. The molecular weight excluding hydrogens is 304 g/mol. The Hall–Kier alpha value is -0.430. The Morgan fingerprint density at radius 2 is 1.95 bits per heavy atom. The van der Waals surface area contributed by atoms with Crippen molar-refractivity contribution in [2.75, 3.05) is 13.1 Å². The molecule has 0 unspecified atom stereocenters. The highest BCUT2D eigenvalue weighted by Crippen LogP contribution is 2.26. The predicted octanol–water partition coefficient (Wildman–Crippen LogP) is 3.21. The molecule has 1 aromatic heterocycles. The maximum absolute atomic E-state index is 12.3. The molecule has 4 nitrogen and oxygen atoms in total. The van der Waals surface area contributed by atoms with Crippen molar-refractivity contribution in [3.63, 3.8) is 0 Å². The van der Waals surface area contributed by atoms with Crippen molar-refractivity contribution < 1.29 is 8.42 Å². The number of rotatable bonds is 9. The van der Waals surface area contributed by atoms with Crippen molar-refractivity contribution >= 4 is 21.4 Å². The third-order valence-electron chi connectivity index (χ3n) is 3.91. The molecule has 6 heteroatoms. The third-order valence-corrected chi connectivity index (χ3v) is 6.89. The van der Waals surface area contributed by atoms with Crippen LogP contribution in [-0.4, -0.2) is 21.5 Å². The molecule has 0 aliphatic carbocycles. The summed E-state index contributed by atoms with van der Waals surface area (Å²) in [4.78, 5) is 1.05. The van der Waals surface area contributed by atoms with Crippen LogP contribution in [-0.2, 0) is 16.6 Å². The summed E-state index contributed by atoms with van der Waals surface area (Å²) in [5, 5.41) is 3.28. The first kappa shape index (κ1) is 18.6. The smallest absolute Gasteiger partial charge is 0.250 e. The lowest BCUT2D eigenvalue weighted by atomic mass is 9.81. The molecule has 2 N–H and O–H groups in total. The van der Waals surface area contributed by atoms with Gasteiger partial charge in [0, 0.05) is 18.0 Å². The standard InChI is InChI=1S/C15H28N2O2S2/c1-6-9-16-10-13-7-8-14(20-13)21(18,19)17-11-15(4,5)12(2)3/h7-8,12,16-17H,6,9-11H2,1-5H3. The molecule has 0 aromatic carbocycles. The molecule has 0 atom stereocenters. The van der Waals surface area contributed by atoms with Crippen LogP contribution in [0.4, 0.5) is 0 Å². The molecule has 122 valence electrons. The molecule has 0 amide bonds. The van der Waals surface area contributed by atoms with Gasteiger partial charge in [-0.25, -0.2) is 13.1 Å². The number of hydrogen-bond donors (Lipinski definition) is 2. The van der Waals surface area contributed by atoms with Gasteiger partial charge in [0.25, 0.3) is 0 Å². The maximum atomic E-state index is 12.3. The van der Waals surface area contributed by atoms with Crippen molar-refractivity contribution in [2.45, 2.75) is 51.8 Å². The number of nitrogens with one attached hydrogen (secondary N) is 2. The fourth-order valence-electron chi connectivity index (χ4n) is 1.54. The molecule has 0 radical (unpaired) electrons. The molecule has 1 aromatic rings. The minimum absolute atomic E-state index is 0.0597. The Kier molecular flexibility index (Phi) is 6.84. The van der Waals surface area contributed by atoms with E-state index in [-0.39, 0.29) is 5.41 Å². The zero-order valence-corrected chi connectivity index (χ0v) is 15.3. The van der Waals surface area contributed by atoms with Crippen LogP contribution in [0.2, 0.25) is 0 Å². The van der Waals surface area contributed by atoms with Crippen LogP contribution < -0.4 is 10.0 Å². The Morgan fingerprint density at radius 1 is 1.29 bits per heavy atom. The minimum atomic E-state index is -3.40. The van der Waals surface area contributed by atoms with E-state index in [0.29, 0.717) is 16.7 Å². The quantitative estimate of drug-likeness (QED) is 0.683. The summed E-state index contributed by atoms with van der Waals surface area (Å²) in [6, 6.07) is 3.58. The van der Waals surface area contributed by atoms with Gasteiger partial charge in [0.05, 0.1) is 0 Å². The van der Waals surface area contributed by atoms with Gasteiger partial charge in [-0.05, 0) is 36.4 Å². The largest absolute Gasteiger partial charge is 0.312 e. The first-order valence-electron chi connectivity index (χ1n) is 7.48. The van der Waals surface area contributed by atoms with E-state index in [1.54, 1.807) is 6.07 Å². The summed E-state index contributed by atoms with van der Waals surface area (Å²) in [7, 11) is -3.40. The Labute approximate surface area is 133 Å². The molecule has 0 saturated heterocycles. The minimum Gasteiger partial charge on any atom is -0.312 e. The second kappa shape index (κ2) is 7.72. The van der Waals surface area contributed by atoms with E-state index in [9.17, 15) is 8.42 Å². The molecule has 0 aliphatic heterocycles. The topological polar surface area (TPSA) is 58.2 Å². The van der Waals surface area contributed by atoms with Crippen LogP contribution in [0.25, 0.3) is 0 Å². The molecule has 0 bridgehead atoms. The zero-order valence-electron chi connectivity index (χ0n) is 13.7. The van der Waals surface area contributed by atoms with Gasteiger partial charge in [-0.3, -0.25) is 0 Å². The summed E-state index contributed by atoms with van der Waals surface area (Å²) >= 11 is 1.34. The van der Waals surface area contributed by atoms with Gasteiger partial charge in [-0.15, -0.1) is 11.3 Å². The van der Waals surface area contributed by atoms with Gasteiger partial charge in [0.2, 0.25) is 10.0 Å². The first-order chi connectivity index (χ1) is 9.69. The van der Waals surface area contributed by atoms with Crippen molar-refractivity contribution in [3.8, 4) is 0 Å². The Bertz CT molecular complexity index is 534. The molecule has 0 aliphatic rings. The van der Waals surface area contributed by atoms with Gasteiger partial charge in [0.1, 0.15) is 4.21 Å². The number of sulfonamides is 1. The summed E-state index contributed by atoms with van der Waals surface area (Å²) in [5.41, 5.74) is -0.0597. The average Bonchev–Trinajstić information content (AvgIpc) is 2.86. The van der Waals surface area contributed by atoms with Crippen LogP contribution in [0.15, 0.2) is 16.3 Å². The fourth-order valence-corrected chi connectivity index (χ4v) is 4.14. The summed E-state index contributed by atoms with van der Waals surface area (Å²) < 4.78 is 27.8. The van der Waals surface area contributed by atoms with E-state index >= 15 is 0 Å². The van der Waals surface area contributed by atoms with Gasteiger partial charge in [0.15, 0.2) is 0 Å². The second-order valence-electron chi connectivity index (χ2n) is 6.37. The summed E-state index contributed by atoms with van der Waals surface area (Å²) in [6.45, 7) is 12.6. The lowest BCUT2D eigenvalue weighted by molar-refractivity contribution is 0.252. The molecule has 1 heterocycles. The predicted molar refractivity (Wildman–Crippen MR) is 90.1 cm³/mol. The molecule has 1 rings (SSSR count). The Morgan fingerprint density at radius 3 is 2.52 bits per heavy atom. The van der Waals surface area contributed by atoms with Gasteiger partial charge < -0.3 is 5.32 Å². The second-order valence-corrected chi connectivity index (χ2v) is 9.53. The number of thiophene rings is 1. The third kappa shape index (κ3) is 5.70. The molecular formula is C15H28N2O2S2. The number of hydrogen-bond acceptors (Lipinski definition) is 4. The highest BCUT2D eigenvalue weighted by atomic mass is 32.2. The van der Waals surface area contributed by atoms with Crippen LogP contribution in [0, 0.1) is 11.3 Å². The normalized spacial score (nSPS) is 13.0. The van der Waals surface area contributed by atoms with Crippen LogP contribution in [0.3, 0.4) is 0 Å². The lowest BCUT2D eigenvalue weighted by Crippen LogP contribution is -2.36. The average molecular weight is 333 g/mol. The summed E-state index contributed by atoms with van der Waals surface area (Å²) in [5.74, 6) is 0.414. The molecule has 0 spiro atoms. The Balaban J connectivity index is 2.66. The lowest BCUT2D eigenvalue weighted by Gasteiger charge is -2.29. The molecule has 0 fully saturated rings. The molecule has 0 saturated carbocycles. The van der Waals surface area contributed by atoms with Gasteiger partial charge >= 0.3 is 0 Å². The highest BCUT2D eigenvalue weighted by molar-refractivity contribution is 7.91. The van der Waals surface area contributed by atoms with Crippen molar-refractivity contribution in [2.24, 2.45) is 11.3 Å². The van der Waals surface area contributed by atoms with E-state index in [1.807, 2.05) is 6.07 Å². The van der Waals surface area contributed by atoms with Crippen molar-refractivity contribution in [1.29, 1.82) is 0 Å². The van der Waals surface area contributed by atoms with E-state index in [2.05, 4.69) is 44.7 Å². The van der Waals surface area contributed by atoms with E-state index in [4.69, 9.17) is 0 Å². The van der Waals surface area contributed by atoms with Crippen molar-refractivity contribution in [3.05, 3.63) is 17.0 Å². The monoisotopic (exact) mass is 332 g/mol.